The van der Waals surface area contributed by atoms with Crippen LogP contribution in [0.2, 0.25) is 0 Å². The average molecular weight is 745 g/mol. The Hall–Kier alpha value is -7.20. The van der Waals surface area contributed by atoms with Crippen molar-refractivity contribution in [1.29, 1.82) is 5.41 Å². The molecule has 0 aliphatic rings. The van der Waals surface area contributed by atoms with Gasteiger partial charge in [-0.3, -0.25) is 5.41 Å². The molecule has 0 bridgehead atoms. The Bertz CT molecular complexity index is 3170. The van der Waals surface area contributed by atoms with Crippen molar-refractivity contribution in [3.8, 4) is 32.7 Å². The standard InChI is InChI=1S/C54H36N2S/c55-54(38-16-2-1-3-17-38)56-50(46-25-9-10-26-47(46)52-35-42-19-6-11-27-51(42)57-52)31-28-36-14-12-20-39(32-36)40-21-13-22-43(33-40)53-45-24-8-5-18-41(45)34-49-44-23-7-4-15-37(44)29-30-48(49)53/h1-35,55H/b31-28+,55-54?,56-50?. The zero-order chi connectivity index (χ0) is 38.1. The molecule has 1 aromatic heterocycles. The maximum Gasteiger partial charge on any atom is 0.152 e. The van der Waals surface area contributed by atoms with Crippen molar-refractivity contribution < 1.29 is 0 Å². The van der Waals surface area contributed by atoms with E-state index in [1.54, 1.807) is 11.3 Å². The van der Waals surface area contributed by atoms with Crippen molar-refractivity contribution in [2.45, 2.75) is 0 Å². The van der Waals surface area contributed by atoms with Crippen LogP contribution in [-0.4, -0.2) is 11.5 Å². The quantitative estimate of drug-likeness (QED) is 0.0730. The van der Waals surface area contributed by atoms with Crippen molar-refractivity contribution in [3.63, 3.8) is 0 Å². The third kappa shape index (κ3) is 6.65. The van der Waals surface area contributed by atoms with E-state index in [4.69, 9.17) is 10.4 Å². The number of benzene rings is 9. The lowest BCUT2D eigenvalue weighted by atomic mass is 9.89. The molecule has 9 aromatic carbocycles. The van der Waals surface area contributed by atoms with Gasteiger partial charge < -0.3 is 0 Å². The van der Waals surface area contributed by atoms with Gasteiger partial charge in [0.25, 0.3) is 0 Å². The fourth-order valence-corrected chi connectivity index (χ4v) is 9.09. The van der Waals surface area contributed by atoms with Gasteiger partial charge in [-0.15, -0.1) is 11.3 Å². The molecule has 0 saturated heterocycles. The Morgan fingerprint density at radius 1 is 0.474 bits per heavy atom. The van der Waals surface area contributed by atoms with Crippen LogP contribution in [0.1, 0.15) is 16.7 Å². The van der Waals surface area contributed by atoms with Crippen LogP contribution in [0.5, 0.6) is 0 Å². The minimum atomic E-state index is 0.223. The molecule has 0 aliphatic heterocycles. The number of thiophene rings is 1. The molecule has 0 amide bonds. The summed E-state index contributed by atoms with van der Waals surface area (Å²) in [6.07, 6.45) is 4.18. The van der Waals surface area contributed by atoms with Gasteiger partial charge in [0.05, 0.1) is 5.71 Å². The summed E-state index contributed by atoms with van der Waals surface area (Å²) in [5.74, 6) is 0.223. The summed E-state index contributed by atoms with van der Waals surface area (Å²) in [6, 6.07) is 70.8. The second-order valence-corrected chi connectivity index (χ2v) is 15.4. The van der Waals surface area contributed by atoms with Gasteiger partial charge in [0.1, 0.15) is 0 Å². The molecule has 3 heteroatoms. The van der Waals surface area contributed by atoms with Crippen molar-refractivity contribution >= 4 is 71.4 Å². The Labute approximate surface area is 335 Å². The van der Waals surface area contributed by atoms with E-state index < -0.39 is 0 Å². The number of allylic oxidation sites excluding steroid dienone is 1. The van der Waals surface area contributed by atoms with E-state index in [1.165, 1.54) is 58.4 Å². The number of amidine groups is 1. The largest absolute Gasteiger partial charge is 0.282 e. The minimum Gasteiger partial charge on any atom is -0.282 e. The second kappa shape index (κ2) is 14.8. The van der Waals surface area contributed by atoms with E-state index >= 15 is 0 Å². The molecule has 10 rings (SSSR count). The molecule has 0 fully saturated rings. The first-order valence-electron chi connectivity index (χ1n) is 19.2. The van der Waals surface area contributed by atoms with E-state index in [9.17, 15) is 0 Å². The van der Waals surface area contributed by atoms with Crippen molar-refractivity contribution in [3.05, 3.63) is 223 Å². The van der Waals surface area contributed by atoms with Gasteiger partial charge in [0.15, 0.2) is 5.84 Å². The average Bonchev–Trinajstić information content (AvgIpc) is 3.72. The van der Waals surface area contributed by atoms with Crippen LogP contribution in [-0.2, 0) is 0 Å². The highest BCUT2D eigenvalue weighted by Crippen LogP contribution is 2.41. The molecule has 10 aromatic rings. The Kier molecular flexibility index (Phi) is 8.91. The highest BCUT2D eigenvalue weighted by molar-refractivity contribution is 7.22. The third-order valence-electron chi connectivity index (χ3n) is 10.7. The summed E-state index contributed by atoms with van der Waals surface area (Å²) in [7, 11) is 0. The maximum absolute atomic E-state index is 9.01. The molecule has 0 atom stereocenters. The monoisotopic (exact) mass is 744 g/mol. The van der Waals surface area contributed by atoms with Gasteiger partial charge in [-0.05, 0) is 102 Å². The number of fused-ring (bicyclic) bond motifs is 5. The molecule has 2 nitrogen and oxygen atoms in total. The zero-order valence-electron chi connectivity index (χ0n) is 31.1. The molecule has 0 unspecified atom stereocenters. The second-order valence-electron chi connectivity index (χ2n) is 14.3. The molecule has 1 N–H and O–H groups in total. The highest BCUT2D eigenvalue weighted by atomic mass is 32.1. The fraction of sp³-hybridized carbons (Fsp3) is 0. The normalized spacial score (nSPS) is 12.0. The maximum atomic E-state index is 9.01. The summed E-state index contributed by atoms with van der Waals surface area (Å²) < 4.78 is 1.25. The van der Waals surface area contributed by atoms with E-state index in [0.717, 1.165) is 39.1 Å². The minimum absolute atomic E-state index is 0.223. The summed E-state index contributed by atoms with van der Waals surface area (Å²) in [6.45, 7) is 0. The SMILES string of the molecule is N=C(N=C(/C=C/c1cccc(-c2cccc(-c3c4ccccc4cc4c3ccc3ccccc34)c2)c1)c1ccccc1-c1cc2ccccc2s1)c1ccccc1. The van der Waals surface area contributed by atoms with Gasteiger partial charge in [-0.2, -0.15) is 0 Å². The predicted octanol–water partition coefficient (Wildman–Crippen LogP) is 14.9. The summed E-state index contributed by atoms with van der Waals surface area (Å²) in [5.41, 5.74) is 9.38. The lowest BCUT2D eigenvalue weighted by Crippen LogP contribution is -2.05. The van der Waals surface area contributed by atoms with Crippen molar-refractivity contribution in [2.75, 3.05) is 0 Å². The first-order valence-corrected chi connectivity index (χ1v) is 20.0. The molecule has 268 valence electrons. The van der Waals surface area contributed by atoms with Crippen LogP contribution in [0, 0.1) is 5.41 Å². The molecule has 0 spiro atoms. The lowest BCUT2D eigenvalue weighted by molar-refractivity contribution is 1.41. The first kappa shape index (κ1) is 34.3. The predicted molar refractivity (Wildman–Crippen MR) is 246 cm³/mol. The van der Waals surface area contributed by atoms with Crippen LogP contribution >= 0.6 is 11.3 Å². The fourth-order valence-electron chi connectivity index (χ4n) is 7.99. The van der Waals surface area contributed by atoms with Gasteiger partial charge in [0, 0.05) is 26.3 Å². The summed E-state index contributed by atoms with van der Waals surface area (Å²) in [5, 5.41) is 17.8. The molecule has 1 heterocycles. The molecular formula is C54H36N2S. The van der Waals surface area contributed by atoms with Crippen LogP contribution in [0.25, 0.3) is 81.2 Å². The molecule has 0 radical (unpaired) electrons. The molecule has 57 heavy (non-hydrogen) atoms. The van der Waals surface area contributed by atoms with Crippen LogP contribution in [0.15, 0.2) is 211 Å². The smallest absolute Gasteiger partial charge is 0.152 e. The number of rotatable bonds is 7. The van der Waals surface area contributed by atoms with Gasteiger partial charge in [0.2, 0.25) is 0 Å². The Morgan fingerprint density at radius 3 is 2.02 bits per heavy atom. The van der Waals surface area contributed by atoms with E-state index in [2.05, 4.69) is 182 Å². The van der Waals surface area contributed by atoms with E-state index in [1.807, 2.05) is 30.3 Å². The first-order chi connectivity index (χ1) is 28.2. The van der Waals surface area contributed by atoms with E-state index in [-0.39, 0.29) is 5.84 Å². The summed E-state index contributed by atoms with van der Waals surface area (Å²) >= 11 is 1.78. The number of hydrogen-bond donors (Lipinski definition) is 1. The highest BCUT2D eigenvalue weighted by Gasteiger charge is 2.15. The lowest BCUT2D eigenvalue weighted by Gasteiger charge is -2.15. The molecule has 0 saturated carbocycles. The molecule has 0 aliphatic carbocycles. The van der Waals surface area contributed by atoms with Gasteiger partial charge in [-0.25, -0.2) is 4.99 Å². The number of hydrogen-bond acceptors (Lipinski definition) is 2. The van der Waals surface area contributed by atoms with Gasteiger partial charge >= 0.3 is 0 Å². The number of nitrogens with zero attached hydrogens (tertiary/aromatic N) is 1. The Morgan fingerprint density at radius 2 is 1.16 bits per heavy atom. The van der Waals surface area contributed by atoms with E-state index in [0.29, 0.717) is 0 Å². The topological polar surface area (TPSA) is 36.2 Å². The molecular weight excluding hydrogens is 709 g/mol. The van der Waals surface area contributed by atoms with Crippen LogP contribution < -0.4 is 0 Å². The number of aliphatic imine (C=N–C) groups is 1. The number of nitrogens with one attached hydrogen (secondary N) is 1. The summed E-state index contributed by atoms with van der Waals surface area (Å²) in [4.78, 5) is 6.16. The van der Waals surface area contributed by atoms with Crippen LogP contribution in [0.4, 0.5) is 0 Å². The van der Waals surface area contributed by atoms with Crippen LogP contribution in [0.3, 0.4) is 0 Å². The zero-order valence-corrected chi connectivity index (χ0v) is 31.9. The van der Waals surface area contributed by atoms with Crippen molar-refractivity contribution in [2.24, 2.45) is 4.99 Å². The Balaban J connectivity index is 1.05. The van der Waals surface area contributed by atoms with Gasteiger partial charge in [-0.1, -0.05) is 176 Å². The third-order valence-corrected chi connectivity index (χ3v) is 11.9. The van der Waals surface area contributed by atoms with Crippen molar-refractivity contribution in [1.82, 2.24) is 0 Å².